The van der Waals surface area contributed by atoms with E-state index in [1.54, 1.807) is 14.2 Å². The standard InChI is InChI=1S/C15H24N4O2/c1-16-12-13-15(17-14-6-4-5-7-19(13)14)18(8-10-20-2)9-11-21-3/h4-7,16H,8-12H2,1-3H3. The maximum absolute atomic E-state index is 5.22. The van der Waals surface area contributed by atoms with Gasteiger partial charge in [-0.1, -0.05) is 6.07 Å². The Morgan fingerprint density at radius 3 is 2.52 bits per heavy atom. The molecule has 0 saturated heterocycles. The van der Waals surface area contributed by atoms with Crippen molar-refractivity contribution in [2.75, 3.05) is 52.5 Å². The molecule has 0 radical (unpaired) electrons. The molecular weight excluding hydrogens is 268 g/mol. The molecule has 2 aromatic heterocycles. The van der Waals surface area contributed by atoms with Crippen LogP contribution in [0.4, 0.5) is 5.82 Å². The third-order valence-electron chi connectivity index (χ3n) is 3.38. The van der Waals surface area contributed by atoms with Crippen LogP contribution in [0.15, 0.2) is 24.4 Å². The van der Waals surface area contributed by atoms with Crippen LogP contribution in [0.25, 0.3) is 5.65 Å². The number of imidazole rings is 1. The van der Waals surface area contributed by atoms with E-state index in [1.807, 2.05) is 31.4 Å². The highest BCUT2D eigenvalue weighted by Gasteiger charge is 2.17. The van der Waals surface area contributed by atoms with E-state index in [2.05, 4.69) is 14.6 Å². The van der Waals surface area contributed by atoms with Crippen molar-refractivity contribution in [1.29, 1.82) is 0 Å². The number of aromatic nitrogens is 2. The molecule has 0 fully saturated rings. The molecule has 0 amide bonds. The first-order chi connectivity index (χ1) is 10.3. The summed E-state index contributed by atoms with van der Waals surface area (Å²) in [5.74, 6) is 0.990. The number of nitrogens with one attached hydrogen (secondary N) is 1. The van der Waals surface area contributed by atoms with Crippen molar-refractivity contribution in [3.8, 4) is 0 Å². The zero-order valence-electron chi connectivity index (χ0n) is 13.0. The van der Waals surface area contributed by atoms with Gasteiger partial charge in [0.25, 0.3) is 0 Å². The lowest BCUT2D eigenvalue weighted by Gasteiger charge is -2.23. The number of rotatable bonds is 9. The molecule has 0 unspecified atom stereocenters. The van der Waals surface area contributed by atoms with E-state index in [9.17, 15) is 0 Å². The molecule has 0 aliphatic rings. The fourth-order valence-electron chi connectivity index (χ4n) is 2.35. The van der Waals surface area contributed by atoms with Crippen LogP contribution in [-0.4, -0.2) is 57.0 Å². The lowest BCUT2D eigenvalue weighted by atomic mass is 10.3. The summed E-state index contributed by atoms with van der Waals surface area (Å²) in [4.78, 5) is 6.99. The van der Waals surface area contributed by atoms with Crippen molar-refractivity contribution >= 4 is 11.5 Å². The van der Waals surface area contributed by atoms with Gasteiger partial charge in [0.2, 0.25) is 0 Å². The minimum atomic E-state index is 0.663. The third kappa shape index (κ3) is 3.72. The smallest absolute Gasteiger partial charge is 0.152 e. The monoisotopic (exact) mass is 292 g/mol. The number of fused-ring (bicyclic) bond motifs is 1. The third-order valence-corrected chi connectivity index (χ3v) is 3.38. The molecule has 0 atom stereocenters. The molecule has 0 bridgehead atoms. The lowest BCUT2D eigenvalue weighted by Crippen LogP contribution is -2.32. The van der Waals surface area contributed by atoms with Gasteiger partial charge in [-0.3, -0.25) is 0 Å². The lowest BCUT2D eigenvalue weighted by molar-refractivity contribution is 0.190. The number of hydrogen-bond acceptors (Lipinski definition) is 5. The van der Waals surface area contributed by atoms with Crippen molar-refractivity contribution in [2.45, 2.75) is 6.54 Å². The Hall–Kier alpha value is -1.63. The fourth-order valence-corrected chi connectivity index (χ4v) is 2.35. The van der Waals surface area contributed by atoms with Gasteiger partial charge in [-0.15, -0.1) is 0 Å². The van der Waals surface area contributed by atoms with Crippen LogP contribution in [0.5, 0.6) is 0 Å². The summed E-state index contributed by atoms with van der Waals surface area (Å²) in [6.07, 6.45) is 2.04. The molecule has 1 N–H and O–H groups in total. The maximum Gasteiger partial charge on any atom is 0.152 e. The summed E-state index contributed by atoms with van der Waals surface area (Å²) in [6.45, 7) is 3.67. The number of anilines is 1. The number of hydrogen-bond donors (Lipinski definition) is 1. The molecule has 116 valence electrons. The second-order valence-corrected chi connectivity index (χ2v) is 4.81. The molecule has 6 nitrogen and oxygen atoms in total. The van der Waals surface area contributed by atoms with Crippen LogP contribution >= 0.6 is 0 Å². The van der Waals surface area contributed by atoms with Crippen LogP contribution in [-0.2, 0) is 16.0 Å². The molecule has 0 spiro atoms. The van der Waals surface area contributed by atoms with Crippen LogP contribution in [0, 0.1) is 0 Å². The van der Waals surface area contributed by atoms with Gasteiger partial charge < -0.3 is 24.1 Å². The predicted molar refractivity (Wildman–Crippen MR) is 83.9 cm³/mol. The Morgan fingerprint density at radius 1 is 1.19 bits per heavy atom. The summed E-state index contributed by atoms with van der Waals surface area (Å²) in [7, 11) is 5.38. The fraction of sp³-hybridized carbons (Fsp3) is 0.533. The molecule has 6 heteroatoms. The van der Waals surface area contributed by atoms with E-state index in [0.717, 1.165) is 36.8 Å². The summed E-state index contributed by atoms with van der Waals surface area (Å²) in [6, 6.07) is 6.05. The van der Waals surface area contributed by atoms with Crippen LogP contribution in [0.2, 0.25) is 0 Å². The predicted octanol–water partition coefficient (Wildman–Crippen LogP) is 1.15. The molecule has 0 aromatic carbocycles. The average molecular weight is 292 g/mol. The van der Waals surface area contributed by atoms with E-state index in [-0.39, 0.29) is 0 Å². The molecule has 0 aliphatic heterocycles. The minimum absolute atomic E-state index is 0.663. The zero-order valence-corrected chi connectivity index (χ0v) is 13.0. The van der Waals surface area contributed by atoms with Gasteiger partial charge in [0, 0.05) is 40.1 Å². The van der Waals surface area contributed by atoms with Gasteiger partial charge in [0.05, 0.1) is 18.9 Å². The first kappa shape index (κ1) is 15.8. The van der Waals surface area contributed by atoms with Gasteiger partial charge in [-0.05, 0) is 19.2 Å². The summed E-state index contributed by atoms with van der Waals surface area (Å²) in [5, 5.41) is 3.22. The van der Waals surface area contributed by atoms with Crippen molar-refractivity contribution in [3.05, 3.63) is 30.1 Å². The average Bonchev–Trinajstić information content (AvgIpc) is 2.87. The quantitative estimate of drug-likeness (QED) is 0.751. The molecule has 21 heavy (non-hydrogen) atoms. The molecule has 0 aliphatic carbocycles. The van der Waals surface area contributed by atoms with Gasteiger partial charge in [-0.25, -0.2) is 4.98 Å². The number of methoxy groups -OCH3 is 2. The Labute approximate surface area is 125 Å². The Balaban J connectivity index is 2.36. The van der Waals surface area contributed by atoms with E-state index >= 15 is 0 Å². The van der Waals surface area contributed by atoms with Crippen LogP contribution in [0.3, 0.4) is 0 Å². The van der Waals surface area contributed by atoms with Crippen LogP contribution < -0.4 is 10.2 Å². The molecule has 2 heterocycles. The zero-order chi connectivity index (χ0) is 15.1. The molecule has 0 saturated carbocycles. The first-order valence-electron chi connectivity index (χ1n) is 7.15. The largest absolute Gasteiger partial charge is 0.383 e. The summed E-state index contributed by atoms with van der Waals surface area (Å²) in [5.41, 5.74) is 2.11. The van der Waals surface area contributed by atoms with E-state index in [1.165, 1.54) is 0 Å². The molecule has 2 rings (SSSR count). The van der Waals surface area contributed by atoms with E-state index in [0.29, 0.717) is 13.2 Å². The SMILES string of the molecule is CNCc1c(N(CCOC)CCOC)nc2ccccn12. The minimum Gasteiger partial charge on any atom is -0.383 e. The van der Waals surface area contributed by atoms with Crippen molar-refractivity contribution < 1.29 is 9.47 Å². The summed E-state index contributed by atoms with van der Waals surface area (Å²) < 4.78 is 12.6. The van der Waals surface area contributed by atoms with Crippen LogP contribution in [0.1, 0.15) is 5.69 Å². The van der Waals surface area contributed by atoms with Crippen molar-refractivity contribution in [3.63, 3.8) is 0 Å². The highest BCUT2D eigenvalue weighted by Crippen LogP contribution is 2.21. The second kappa shape index (κ2) is 7.97. The van der Waals surface area contributed by atoms with Gasteiger partial charge in [0.1, 0.15) is 5.65 Å². The Bertz CT molecular complexity index is 548. The highest BCUT2D eigenvalue weighted by molar-refractivity contribution is 5.56. The van der Waals surface area contributed by atoms with Gasteiger partial charge in [-0.2, -0.15) is 0 Å². The molecular formula is C15H24N4O2. The van der Waals surface area contributed by atoms with E-state index < -0.39 is 0 Å². The maximum atomic E-state index is 5.22. The Morgan fingerprint density at radius 2 is 1.90 bits per heavy atom. The number of ether oxygens (including phenoxy) is 2. The number of nitrogens with zero attached hydrogens (tertiary/aromatic N) is 3. The topological polar surface area (TPSA) is 51.0 Å². The second-order valence-electron chi connectivity index (χ2n) is 4.81. The molecule has 2 aromatic rings. The van der Waals surface area contributed by atoms with Gasteiger partial charge >= 0.3 is 0 Å². The normalized spacial score (nSPS) is 11.2. The van der Waals surface area contributed by atoms with Gasteiger partial charge in [0.15, 0.2) is 5.82 Å². The van der Waals surface area contributed by atoms with Crippen molar-refractivity contribution in [2.24, 2.45) is 0 Å². The van der Waals surface area contributed by atoms with E-state index in [4.69, 9.17) is 14.5 Å². The summed E-state index contributed by atoms with van der Waals surface area (Å²) >= 11 is 0. The Kier molecular flexibility index (Phi) is 5.98. The highest BCUT2D eigenvalue weighted by atomic mass is 16.5. The van der Waals surface area contributed by atoms with Crippen molar-refractivity contribution in [1.82, 2.24) is 14.7 Å². The first-order valence-corrected chi connectivity index (χ1v) is 7.15. The number of pyridine rings is 1.